The molecule has 0 saturated heterocycles. The molecule has 0 saturated carbocycles. The van der Waals surface area contributed by atoms with Gasteiger partial charge in [-0.25, -0.2) is 4.90 Å². The average Bonchev–Trinajstić information content (AvgIpc) is 2.47. The van der Waals surface area contributed by atoms with Crippen LogP contribution in [0.2, 0.25) is 0 Å². The molecule has 26 heavy (non-hydrogen) atoms. The molecule has 0 aliphatic rings. The largest absolute Gasteiger partial charge is 0.399 e. The van der Waals surface area contributed by atoms with Crippen molar-refractivity contribution in [1.82, 2.24) is 5.32 Å². The Hall–Kier alpha value is -2.81. The zero-order chi connectivity index (χ0) is 20.1. The first-order valence-corrected chi connectivity index (χ1v) is 8.45. The van der Waals surface area contributed by atoms with Gasteiger partial charge in [0.15, 0.2) is 0 Å². The van der Waals surface area contributed by atoms with Gasteiger partial charge in [0.2, 0.25) is 5.91 Å². The SMILES string of the molecule is CC(=O)N(C(=O)/C(C#N)=C\NC(C)(C)CC(C)(C)C)c1ccc(N)cc1. The van der Waals surface area contributed by atoms with Crippen LogP contribution >= 0.6 is 0 Å². The maximum atomic E-state index is 12.7. The number of nitrogens with two attached hydrogens (primary N) is 1. The zero-order valence-corrected chi connectivity index (χ0v) is 16.4. The quantitative estimate of drug-likeness (QED) is 0.479. The molecule has 0 heterocycles. The van der Waals surface area contributed by atoms with Gasteiger partial charge in [0.05, 0.1) is 5.69 Å². The molecular formula is C20H28N4O2. The Morgan fingerprint density at radius 1 is 1.19 bits per heavy atom. The third-order valence-electron chi connectivity index (χ3n) is 3.60. The highest BCUT2D eigenvalue weighted by molar-refractivity contribution is 6.21. The molecule has 0 fully saturated rings. The Morgan fingerprint density at radius 2 is 1.73 bits per heavy atom. The van der Waals surface area contributed by atoms with E-state index in [1.54, 1.807) is 24.3 Å². The predicted molar refractivity (Wildman–Crippen MR) is 104 cm³/mol. The molecule has 0 aromatic heterocycles. The molecule has 1 aromatic carbocycles. The van der Waals surface area contributed by atoms with Crippen molar-refractivity contribution in [2.75, 3.05) is 10.6 Å². The number of nitrogens with one attached hydrogen (secondary N) is 1. The first-order valence-electron chi connectivity index (χ1n) is 8.45. The second-order valence-electron chi connectivity index (χ2n) is 8.19. The molecule has 2 amide bonds. The molecule has 1 rings (SSSR count). The van der Waals surface area contributed by atoms with Gasteiger partial charge < -0.3 is 11.1 Å². The van der Waals surface area contributed by atoms with Gasteiger partial charge in [0, 0.05) is 24.4 Å². The highest BCUT2D eigenvalue weighted by atomic mass is 16.2. The van der Waals surface area contributed by atoms with Crippen LogP contribution in [0.1, 0.15) is 48.0 Å². The van der Waals surface area contributed by atoms with Gasteiger partial charge in [0.1, 0.15) is 11.6 Å². The van der Waals surface area contributed by atoms with Crippen LogP contribution in [-0.2, 0) is 9.59 Å². The Balaban J connectivity index is 3.10. The van der Waals surface area contributed by atoms with Crippen molar-refractivity contribution in [2.24, 2.45) is 5.41 Å². The number of carbonyl (C=O) groups excluding carboxylic acids is 2. The molecule has 6 heteroatoms. The van der Waals surface area contributed by atoms with Crippen LogP contribution in [0.3, 0.4) is 0 Å². The van der Waals surface area contributed by atoms with Gasteiger partial charge in [0.25, 0.3) is 5.91 Å². The van der Waals surface area contributed by atoms with Gasteiger partial charge in [-0.05, 0) is 49.9 Å². The molecule has 0 unspecified atom stereocenters. The van der Waals surface area contributed by atoms with Crippen LogP contribution in [0.25, 0.3) is 0 Å². The molecule has 0 radical (unpaired) electrons. The van der Waals surface area contributed by atoms with Crippen LogP contribution in [0.15, 0.2) is 36.0 Å². The first-order chi connectivity index (χ1) is 11.9. The summed E-state index contributed by atoms with van der Waals surface area (Å²) in [5.74, 6) is -1.15. The second-order valence-corrected chi connectivity index (χ2v) is 8.19. The summed E-state index contributed by atoms with van der Waals surface area (Å²) in [6.45, 7) is 11.6. The summed E-state index contributed by atoms with van der Waals surface area (Å²) >= 11 is 0. The van der Waals surface area contributed by atoms with Gasteiger partial charge in [-0.3, -0.25) is 9.59 Å². The van der Waals surface area contributed by atoms with Crippen LogP contribution in [0.5, 0.6) is 0 Å². The normalized spacial score (nSPS) is 12.3. The molecular weight excluding hydrogens is 328 g/mol. The lowest BCUT2D eigenvalue weighted by Gasteiger charge is -2.33. The van der Waals surface area contributed by atoms with E-state index >= 15 is 0 Å². The van der Waals surface area contributed by atoms with Crippen molar-refractivity contribution in [2.45, 2.75) is 53.5 Å². The number of amides is 2. The van der Waals surface area contributed by atoms with E-state index < -0.39 is 11.8 Å². The number of hydrogen-bond donors (Lipinski definition) is 2. The van der Waals surface area contributed by atoms with Crippen LogP contribution < -0.4 is 16.0 Å². The summed E-state index contributed by atoms with van der Waals surface area (Å²) in [7, 11) is 0. The van der Waals surface area contributed by atoms with Crippen molar-refractivity contribution in [3.63, 3.8) is 0 Å². The third kappa shape index (κ3) is 6.25. The first kappa shape index (κ1) is 21.2. The Morgan fingerprint density at radius 3 is 2.15 bits per heavy atom. The maximum Gasteiger partial charge on any atom is 0.277 e. The monoisotopic (exact) mass is 356 g/mol. The van der Waals surface area contributed by atoms with E-state index in [0.717, 1.165) is 11.3 Å². The number of benzene rings is 1. The van der Waals surface area contributed by atoms with E-state index in [0.29, 0.717) is 11.4 Å². The fourth-order valence-corrected chi connectivity index (χ4v) is 2.97. The molecule has 0 spiro atoms. The molecule has 3 N–H and O–H groups in total. The number of nitrogen functional groups attached to an aromatic ring is 1. The van der Waals surface area contributed by atoms with E-state index in [1.165, 1.54) is 13.1 Å². The van der Waals surface area contributed by atoms with Crippen molar-refractivity contribution < 1.29 is 9.59 Å². The molecule has 0 aliphatic heterocycles. The summed E-state index contributed by atoms with van der Waals surface area (Å²) < 4.78 is 0. The number of anilines is 2. The maximum absolute atomic E-state index is 12.7. The van der Waals surface area contributed by atoms with Gasteiger partial charge in [-0.2, -0.15) is 5.26 Å². The molecule has 6 nitrogen and oxygen atoms in total. The zero-order valence-electron chi connectivity index (χ0n) is 16.4. The smallest absolute Gasteiger partial charge is 0.277 e. The highest BCUT2D eigenvalue weighted by Crippen LogP contribution is 2.27. The summed E-state index contributed by atoms with van der Waals surface area (Å²) in [5, 5.41) is 12.5. The molecule has 0 atom stereocenters. The van der Waals surface area contributed by atoms with Gasteiger partial charge in [-0.1, -0.05) is 20.8 Å². The number of nitrogens with zero attached hydrogens (tertiary/aromatic N) is 2. The minimum atomic E-state index is -0.677. The number of rotatable bonds is 5. The molecule has 1 aromatic rings. The van der Waals surface area contributed by atoms with Crippen molar-refractivity contribution in [3.8, 4) is 6.07 Å². The molecule has 0 bridgehead atoms. The Bertz CT molecular complexity index is 735. The lowest BCUT2D eigenvalue weighted by Crippen LogP contribution is -2.41. The van der Waals surface area contributed by atoms with Gasteiger partial charge >= 0.3 is 0 Å². The predicted octanol–water partition coefficient (Wildman–Crippen LogP) is 3.36. The third-order valence-corrected chi connectivity index (χ3v) is 3.60. The van der Waals surface area contributed by atoms with Crippen molar-refractivity contribution >= 4 is 23.2 Å². The minimum Gasteiger partial charge on any atom is -0.399 e. The van der Waals surface area contributed by atoms with Crippen LogP contribution in [0, 0.1) is 16.7 Å². The lowest BCUT2D eigenvalue weighted by atomic mass is 9.82. The number of nitriles is 1. The summed E-state index contributed by atoms with van der Waals surface area (Å²) in [6, 6.07) is 8.22. The van der Waals surface area contributed by atoms with Crippen LogP contribution in [0.4, 0.5) is 11.4 Å². The average molecular weight is 356 g/mol. The highest BCUT2D eigenvalue weighted by Gasteiger charge is 2.27. The van der Waals surface area contributed by atoms with Crippen LogP contribution in [-0.4, -0.2) is 17.4 Å². The fraction of sp³-hybridized carbons (Fsp3) is 0.450. The van der Waals surface area contributed by atoms with E-state index in [-0.39, 0.29) is 16.5 Å². The van der Waals surface area contributed by atoms with E-state index in [4.69, 9.17) is 5.73 Å². The lowest BCUT2D eigenvalue weighted by molar-refractivity contribution is -0.123. The fourth-order valence-electron chi connectivity index (χ4n) is 2.97. The van der Waals surface area contributed by atoms with E-state index in [2.05, 4.69) is 26.1 Å². The van der Waals surface area contributed by atoms with Crippen molar-refractivity contribution in [1.29, 1.82) is 5.26 Å². The Labute approximate surface area is 155 Å². The molecule has 0 aliphatic carbocycles. The topological polar surface area (TPSA) is 99.2 Å². The number of imide groups is 1. The van der Waals surface area contributed by atoms with E-state index in [1.807, 2.05) is 19.9 Å². The summed E-state index contributed by atoms with van der Waals surface area (Å²) in [4.78, 5) is 25.7. The molecule has 140 valence electrons. The second kappa shape index (κ2) is 8.05. The number of hydrogen-bond acceptors (Lipinski definition) is 5. The summed E-state index contributed by atoms with van der Waals surface area (Å²) in [6.07, 6.45) is 2.22. The minimum absolute atomic E-state index is 0.0799. The number of carbonyl (C=O) groups is 2. The Kier molecular flexibility index (Phi) is 6.57. The van der Waals surface area contributed by atoms with E-state index in [9.17, 15) is 14.9 Å². The summed E-state index contributed by atoms with van der Waals surface area (Å²) in [5.41, 5.74) is 6.16. The van der Waals surface area contributed by atoms with Gasteiger partial charge in [-0.15, -0.1) is 0 Å². The standard InChI is InChI=1S/C20H28N4O2/c1-14(25)24(17-9-7-16(22)8-10-17)18(26)15(11-21)12-23-20(5,6)13-19(2,3)4/h7-10,12,23H,13,22H2,1-6H3/b15-12-. The van der Waals surface area contributed by atoms with Crippen molar-refractivity contribution in [3.05, 3.63) is 36.0 Å².